The molecule has 0 aliphatic carbocycles. The molecule has 0 atom stereocenters. The van der Waals surface area contributed by atoms with Gasteiger partial charge in [-0.15, -0.1) is 0 Å². The SMILES string of the molecule is Clc1ccccc1CN1CCC(N2CCCCC2)CC1. The Bertz CT molecular complexity index is 421. The minimum absolute atomic E-state index is 0.831. The van der Waals surface area contributed by atoms with Gasteiger partial charge in [-0.25, -0.2) is 0 Å². The molecule has 0 spiro atoms. The third kappa shape index (κ3) is 3.55. The van der Waals surface area contributed by atoms with Gasteiger partial charge in [0.25, 0.3) is 0 Å². The average Bonchev–Trinajstić information content (AvgIpc) is 2.51. The Kier molecular flexibility index (Phi) is 4.98. The number of likely N-dealkylation sites (tertiary alicyclic amines) is 2. The first-order chi connectivity index (χ1) is 9.83. The van der Waals surface area contributed by atoms with Gasteiger partial charge in [-0.3, -0.25) is 4.90 Å². The fraction of sp³-hybridized carbons (Fsp3) is 0.647. The van der Waals surface area contributed by atoms with E-state index in [2.05, 4.69) is 21.9 Å². The van der Waals surface area contributed by atoms with Gasteiger partial charge in [0.2, 0.25) is 0 Å². The van der Waals surface area contributed by atoms with E-state index in [9.17, 15) is 0 Å². The third-order valence-corrected chi connectivity index (χ3v) is 5.18. The smallest absolute Gasteiger partial charge is 0.0451 e. The van der Waals surface area contributed by atoms with E-state index in [1.807, 2.05) is 12.1 Å². The van der Waals surface area contributed by atoms with Crippen LogP contribution in [0.4, 0.5) is 0 Å². The summed E-state index contributed by atoms with van der Waals surface area (Å²) in [7, 11) is 0. The van der Waals surface area contributed by atoms with Crippen LogP contribution < -0.4 is 0 Å². The van der Waals surface area contributed by atoms with Gasteiger partial charge in [0, 0.05) is 17.6 Å². The van der Waals surface area contributed by atoms with Crippen LogP contribution in [-0.2, 0) is 6.54 Å². The van der Waals surface area contributed by atoms with E-state index in [4.69, 9.17) is 11.6 Å². The first-order valence-corrected chi connectivity index (χ1v) is 8.40. The lowest BCUT2D eigenvalue weighted by Crippen LogP contribution is -2.46. The van der Waals surface area contributed by atoms with Crippen LogP contribution in [0.5, 0.6) is 0 Å². The number of hydrogen-bond donors (Lipinski definition) is 0. The molecule has 0 amide bonds. The Labute approximate surface area is 127 Å². The Morgan fingerprint density at radius 2 is 1.65 bits per heavy atom. The number of hydrogen-bond acceptors (Lipinski definition) is 2. The molecule has 2 heterocycles. The molecule has 20 heavy (non-hydrogen) atoms. The van der Waals surface area contributed by atoms with Crippen molar-refractivity contribution >= 4 is 11.6 Å². The first kappa shape index (κ1) is 14.4. The molecule has 0 aromatic heterocycles. The van der Waals surface area contributed by atoms with Gasteiger partial charge in [-0.05, 0) is 63.5 Å². The first-order valence-electron chi connectivity index (χ1n) is 8.03. The molecular weight excluding hydrogens is 268 g/mol. The molecule has 110 valence electrons. The highest BCUT2D eigenvalue weighted by molar-refractivity contribution is 6.31. The van der Waals surface area contributed by atoms with Gasteiger partial charge in [0.05, 0.1) is 0 Å². The summed E-state index contributed by atoms with van der Waals surface area (Å²) in [6, 6.07) is 9.07. The fourth-order valence-electron chi connectivity index (χ4n) is 3.59. The molecule has 2 aliphatic rings. The van der Waals surface area contributed by atoms with Crippen LogP contribution in [0.1, 0.15) is 37.7 Å². The van der Waals surface area contributed by atoms with E-state index >= 15 is 0 Å². The summed E-state index contributed by atoms with van der Waals surface area (Å²) in [6.07, 6.45) is 6.89. The van der Waals surface area contributed by atoms with Crippen LogP contribution in [0.25, 0.3) is 0 Å². The van der Waals surface area contributed by atoms with Crippen LogP contribution >= 0.6 is 11.6 Å². The van der Waals surface area contributed by atoms with Crippen LogP contribution in [0.15, 0.2) is 24.3 Å². The second-order valence-electron chi connectivity index (χ2n) is 6.20. The van der Waals surface area contributed by atoms with Crippen LogP contribution in [0, 0.1) is 0 Å². The van der Waals surface area contributed by atoms with Crippen LogP contribution in [0.2, 0.25) is 5.02 Å². The van der Waals surface area contributed by atoms with E-state index in [0.29, 0.717) is 0 Å². The Balaban J connectivity index is 1.50. The van der Waals surface area contributed by atoms with Crippen molar-refractivity contribution < 1.29 is 0 Å². The summed E-state index contributed by atoms with van der Waals surface area (Å²) >= 11 is 6.26. The van der Waals surface area contributed by atoms with Crippen molar-refractivity contribution in [2.45, 2.75) is 44.7 Å². The molecule has 2 aliphatic heterocycles. The normalized spacial score (nSPS) is 23.1. The Morgan fingerprint density at radius 3 is 2.35 bits per heavy atom. The number of rotatable bonds is 3. The molecule has 0 N–H and O–H groups in total. The third-order valence-electron chi connectivity index (χ3n) is 4.82. The van der Waals surface area contributed by atoms with Crippen molar-refractivity contribution in [3.05, 3.63) is 34.9 Å². The predicted molar refractivity (Wildman–Crippen MR) is 85.2 cm³/mol. The molecule has 0 saturated carbocycles. The number of halogens is 1. The van der Waals surface area contributed by atoms with Crippen molar-refractivity contribution in [2.24, 2.45) is 0 Å². The lowest BCUT2D eigenvalue weighted by atomic mass is 9.99. The zero-order valence-electron chi connectivity index (χ0n) is 12.2. The van der Waals surface area contributed by atoms with E-state index in [1.54, 1.807) is 0 Å². The molecule has 1 aromatic carbocycles. The molecule has 2 fully saturated rings. The van der Waals surface area contributed by atoms with Crippen molar-refractivity contribution in [1.29, 1.82) is 0 Å². The van der Waals surface area contributed by atoms with E-state index in [0.717, 1.165) is 17.6 Å². The zero-order valence-corrected chi connectivity index (χ0v) is 13.0. The average molecular weight is 293 g/mol. The highest BCUT2D eigenvalue weighted by Crippen LogP contribution is 2.23. The summed E-state index contributed by atoms with van der Waals surface area (Å²) < 4.78 is 0. The Morgan fingerprint density at radius 1 is 0.950 bits per heavy atom. The van der Waals surface area contributed by atoms with Gasteiger partial charge in [-0.2, -0.15) is 0 Å². The number of nitrogens with zero attached hydrogens (tertiary/aromatic N) is 2. The maximum Gasteiger partial charge on any atom is 0.0451 e. The largest absolute Gasteiger partial charge is 0.300 e. The van der Waals surface area contributed by atoms with Gasteiger partial charge >= 0.3 is 0 Å². The van der Waals surface area contributed by atoms with Crippen LogP contribution in [-0.4, -0.2) is 42.0 Å². The molecule has 1 aromatic rings. The maximum atomic E-state index is 6.26. The van der Waals surface area contributed by atoms with E-state index in [-0.39, 0.29) is 0 Å². The second kappa shape index (κ2) is 6.93. The second-order valence-corrected chi connectivity index (χ2v) is 6.60. The molecule has 2 saturated heterocycles. The summed E-state index contributed by atoms with van der Waals surface area (Å²) in [6.45, 7) is 6.09. The molecule has 3 heteroatoms. The van der Waals surface area contributed by atoms with Crippen molar-refractivity contribution in [3.63, 3.8) is 0 Å². The molecular formula is C17H25ClN2. The maximum absolute atomic E-state index is 6.26. The van der Waals surface area contributed by atoms with Crippen molar-refractivity contribution in [3.8, 4) is 0 Å². The minimum atomic E-state index is 0.831. The number of piperidine rings is 2. The van der Waals surface area contributed by atoms with E-state index < -0.39 is 0 Å². The number of benzene rings is 1. The summed E-state index contributed by atoms with van der Waals surface area (Å²) in [5.74, 6) is 0. The predicted octanol–water partition coefficient (Wildman–Crippen LogP) is 3.79. The summed E-state index contributed by atoms with van der Waals surface area (Å²) in [5, 5.41) is 0.908. The molecule has 0 unspecified atom stereocenters. The van der Waals surface area contributed by atoms with Crippen molar-refractivity contribution in [2.75, 3.05) is 26.2 Å². The molecule has 0 bridgehead atoms. The standard InChI is InChI=1S/C17H25ClN2/c18-17-7-3-2-6-15(17)14-19-12-8-16(9-13-19)20-10-4-1-5-11-20/h2-3,6-7,16H,1,4-5,8-14H2. The monoisotopic (exact) mass is 292 g/mol. The lowest BCUT2D eigenvalue weighted by molar-refractivity contribution is 0.0896. The minimum Gasteiger partial charge on any atom is -0.300 e. The summed E-state index contributed by atoms with van der Waals surface area (Å²) in [4.78, 5) is 5.29. The topological polar surface area (TPSA) is 6.48 Å². The summed E-state index contributed by atoms with van der Waals surface area (Å²) in [5.41, 5.74) is 1.27. The van der Waals surface area contributed by atoms with Gasteiger partial charge < -0.3 is 4.90 Å². The Hall–Kier alpha value is -0.570. The lowest BCUT2D eigenvalue weighted by Gasteiger charge is -2.40. The molecule has 2 nitrogen and oxygen atoms in total. The molecule has 0 radical (unpaired) electrons. The molecule has 3 rings (SSSR count). The van der Waals surface area contributed by atoms with Crippen LogP contribution in [0.3, 0.4) is 0 Å². The zero-order chi connectivity index (χ0) is 13.8. The fourth-order valence-corrected chi connectivity index (χ4v) is 3.79. The highest BCUT2D eigenvalue weighted by atomic mass is 35.5. The highest BCUT2D eigenvalue weighted by Gasteiger charge is 2.25. The van der Waals surface area contributed by atoms with Gasteiger partial charge in [0.15, 0.2) is 0 Å². The van der Waals surface area contributed by atoms with Crippen molar-refractivity contribution in [1.82, 2.24) is 9.80 Å². The van der Waals surface area contributed by atoms with Gasteiger partial charge in [0.1, 0.15) is 0 Å². The quantitative estimate of drug-likeness (QED) is 0.836. The van der Waals surface area contributed by atoms with Gasteiger partial charge in [-0.1, -0.05) is 36.2 Å². The van der Waals surface area contributed by atoms with E-state index in [1.165, 1.54) is 63.8 Å².